The van der Waals surface area contributed by atoms with E-state index in [4.69, 9.17) is 14.5 Å². The molecular weight excluding hydrogens is 268 g/mol. The monoisotopic (exact) mass is 290 g/mol. The minimum atomic E-state index is -0.898. The highest BCUT2D eigenvalue weighted by Gasteiger charge is 2.83. The van der Waals surface area contributed by atoms with Crippen molar-refractivity contribution in [1.82, 2.24) is 0 Å². The molecule has 3 atom stereocenters. The molecule has 0 unspecified atom stereocenters. The van der Waals surface area contributed by atoms with Gasteiger partial charge in [0.2, 0.25) is 0 Å². The van der Waals surface area contributed by atoms with E-state index in [1.807, 2.05) is 12.1 Å². The van der Waals surface area contributed by atoms with Gasteiger partial charge in [0.25, 0.3) is 5.79 Å². The summed E-state index contributed by atoms with van der Waals surface area (Å²) >= 11 is 0. The average molecular weight is 290 g/mol. The zero-order valence-corrected chi connectivity index (χ0v) is 12.8. The van der Waals surface area contributed by atoms with Crippen LogP contribution in [0.15, 0.2) is 24.3 Å². The fraction of sp³-hybridized carbons (Fsp3) is 0.647. The molecule has 0 aromatic heterocycles. The Kier molecular flexibility index (Phi) is 2.46. The largest absolute Gasteiger partial charge is 0.508 e. The molecular formula is C17H22O4. The second-order valence-corrected chi connectivity index (χ2v) is 7.60. The fourth-order valence-corrected chi connectivity index (χ4v) is 4.95. The van der Waals surface area contributed by atoms with Crippen molar-refractivity contribution in [3.05, 3.63) is 29.8 Å². The molecule has 114 valence electrons. The average Bonchev–Trinajstić information content (AvgIpc) is 2.55. The van der Waals surface area contributed by atoms with Crippen LogP contribution in [0.4, 0.5) is 0 Å². The van der Waals surface area contributed by atoms with Gasteiger partial charge in [0.15, 0.2) is 5.60 Å². The molecule has 1 aliphatic carbocycles. The first-order valence-corrected chi connectivity index (χ1v) is 7.67. The van der Waals surface area contributed by atoms with E-state index in [0.29, 0.717) is 6.61 Å². The molecule has 21 heavy (non-hydrogen) atoms. The van der Waals surface area contributed by atoms with Gasteiger partial charge >= 0.3 is 0 Å². The third kappa shape index (κ3) is 1.32. The summed E-state index contributed by atoms with van der Waals surface area (Å²) in [4.78, 5) is 11.5. The Hall–Kier alpha value is -1.10. The van der Waals surface area contributed by atoms with E-state index in [9.17, 15) is 5.11 Å². The predicted molar refractivity (Wildman–Crippen MR) is 76.4 cm³/mol. The maximum Gasteiger partial charge on any atom is 0.261 e. The summed E-state index contributed by atoms with van der Waals surface area (Å²) in [5.74, 6) is -0.678. The van der Waals surface area contributed by atoms with Gasteiger partial charge in [-0.05, 0) is 25.0 Å². The van der Waals surface area contributed by atoms with E-state index in [1.165, 1.54) is 6.42 Å². The highest BCUT2D eigenvalue weighted by atomic mass is 17.3. The second-order valence-electron chi connectivity index (χ2n) is 7.60. The van der Waals surface area contributed by atoms with Crippen molar-refractivity contribution >= 4 is 0 Å². The maximum absolute atomic E-state index is 9.83. The lowest BCUT2D eigenvalue weighted by Gasteiger charge is -2.64. The lowest BCUT2D eigenvalue weighted by molar-refractivity contribution is -0.630. The highest BCUT2D eigenvalue weighted by molar-refractivity contribution is 5.37. The number of hydrogen-bond acceptors (Lipinski definition) is 4. The fourth-order valence-electron chi connectivity index (χ4n) is 4.95. The van der Waals surface area contributed by atoms with Crippen LogP contribution in [-0.4, -0.2) is 17.3 Å². The van der Waals surface area contributed by atoms with E-state index < -0.39 is 11.4 Å². The van der Waals surface area contributed by atoms with Crippen molar-refractivity contribution in [2.75, 3.05) is 6.61 Å². The summed E-state index contributed by atoms with van der Waals surface area (Å²) in [6.45, 7) is 7.32. The van der Waals surface area contributed by atoms with E-state index in [1.54, 1.807) is 12.1 Å². The topological polar surface area (TPSA) is 47.9 Å². The summed E-state index contributed by atoms with van der Waals surface area (Å²) in [5, 5.41) is 9.83. The number of phenols is 1. The third-order valence-electron chi connectivity index (χ3n) is 5.90. The predicted octanol–water partition coefficient (Wildman–Crippen LogP) is 3.49. The van der Waals surface area contributed by atoms with Gasteiger partial charge in [0, 0.05) is 16.4 Å². The van der Waals surface area contributed by atoms with E-state index in [0.717, 1.165) is 18.4 Å². The third-order valence-corrected chi connectivity index (χ3v) is 5.90. The molecule has 0 radical (unpaired) electrons. The lowest BCUT2D eigenvalue weighted by atomic mass is 9.50. The molecule has 4 nitrogen and oxygen atoms in total. The van der Waals surface area contributed by atoms with E-state index in [2.05, 4.69) is 20.8 Å². The summed E-state index contributed by atoms with van der Waals surface area (Å²) < 4.78 is 6.20. The van der Waals surface area contributed by atoms with Crippen LogP contribution in [0.5, 0.6) is 5.75 Å². The molecule has 1 saturated carbocycles. The molecule has 1 aromatic carbocycles. The Morgan fingerprint density at radius 1 is 1.10 bits per heavy atom. The van der Waals surface area contributed by atoms with Gasteiger partial charge in [0.1, 0.15) is 5.75 Å². The summed E-state index contributed by atoms with van der Waals surface area (Å²) in [6.07, 6.45) is 3.32. The van der Waals surface area contributed by atoms with E-state index >= 15 is 0 Å². The summed E-state index contributed by atoms with van der Waals surface area (Å²) in [5.41, 5.74) is 0.213. The first kappa shape index (κ1) is 13.6. The number of benzene rings is 1. The van der Waals surface area contributed by atoms with Crippen molar-refractivity contribution in [3.63, 3.8) is 0 Å². The highest BCUT2D eigenvalue weighted by Crippen LogP contribution is 2.73. The molecule has 1 spiro atoms. The SMILES string of the molecule is CC1(C)CCC[C@]2(C)CO[C@@]3(c4cccc(O)c4)OO[C@@]123. The Morgan fingerprint density at radius 3 is 2.57 bits per heavy atom. The summed E-state index contributed by atoms with van der Waals surface area (Å²) in [6, 6.07) is 7.15. The molecule has 2 aliphatic heterocycles. The first-order valence-electron chi connectivity index (χ1n) is 7.67. The first-order chi connectivity index (χ1) is 9.87. The maximum atomic E-state index is 9.83. The minimum Gasteiger partial charge on any atom is -0.508 e. The van der Waals surface area contributed by atoms with Gasteiger partial charge in [-0.3, -0.25) is 0 Å². The van der Waals surface area contributed by atoms with Crippen LogP contribution in [0.1, 0.15) is 45.6 Å². The van der Waals surface area contributed by atoms with Crippen molar-refractivity contribution < 1.29 is 19.6 Å². The molecule has 4 heteroatoms. The number of phenolic OH excluding ortho intramolecular Hbond substituents is 1. The number of aromatic hydroxyl groups is 1. The van der Waals surface area contributed by atoms with E-state index in [-0.39, 0.29) is 16.6 Å². The van der Waals surface area contributed by atoms with Crippen molar-refractivity contribution in [2.45, 2.75) is 51.4 Å². The zero-order chi connectivity index (χ0) is 14.9. The normalized spacial score (nSPS) is 43.8. The summed E-state index contributed by atoms with van der Waals surface area (Å²) in [7, 11) is 0. The number of hydrogen-bond donors (Lipinski definition) is 1. The Balaban J connectivity index is 1.91. The van der Waals surface area contributed by atoms with Gasteiger partial charge in [-0.2, -0.15) is 4.89 Å². The van der Waals surface area contributed by atoms with Crippen LogP contribution >= 0.6 is 0 Å². The lowest BCUT2D eigenvalue weighted by Crippen LogP contribution is -2.75. The molecule has 2 heterocycles. The number of ether oxygens (including phenoxy) is 1. The van der Waals surface area contributed by atoms with Crippen LogP contribution in [0.25, 0.3) is 0 Å². The van der Waals surface area contributed by atoms with Crippen molar-refractivity contribution in [2.24, 2.45) is 10.8 Å². The van der Waals surface area contributed by atoms with Crippen molar-refractivity contribution in [1.29, 1.82) is 0 Å². The number of rotatable bonds is 1. The zero-order valence-electron chi connectivity index (χ0n) is 12.8. The second kappa shape index (κ2) is 3.80. The quantitative estimate of drug-likeness (QED) is 0.804. The van der Waals surface area contributed by atoms with Gasteiger partial charge < -0.3 is 9.84 Å². The molecule has 0 bridgehead atoms. The molecule has 3 fully saturated rings. The molecule has 3 aliphatic rings. The standard InChI is InChI=1S/C17H22O4/c1-14(2)8-5-9-15(3)11-19-16(17(14,15)21-20-16)12-6-4-7-13(18)10-12/h4,6-7,10,18H,5,8-9,11H2,1-3H3/t15-,16+,17+/m1/s1. The molecule has 0 amide bonds. The molecule has 4 rings (SSSR count). The van der Waals surface area contributed by atoms with Crippen molar-refractivity contribution in [3.8, 4) is 5.75 Å². The van der Waals surface area contributed by atoms with Gasteiger partial charge in [-0.15, -0.1) is 0 Å². The van der Waals surface area contributed by atoms with Crippen LogP contribution in [0.3, 0.4) is 0 Å². The molecule has 1 N–H and O–H groups in total. The van der Waals surface area contributed by atoms with Gasteiger partial charge in [-0.25, -0.2) is 4.89 Å². The molecule has 1 aromatic rings. The van der Waals surface area contributed by atoms with Crippen LogP contribution in [-0.2, 0) is 20.3 Å². The van der Waals surface area contributed by atoms with Gasteiger partial charge in [0.05, 0.1) is 6.61 Å². The smallest absolute Gasteiger partial charge is 0.261 e. The van der Waals surface area contributed by atoms with Gasteiger partial charge in [-0.1, -0.05) is 39.3 Å². The van der Waals surface area contributed by atoms with Crippen LogP contribution in [0, 0.1) is 10.8 Å². The molecule has 2 saturated heterocycles. The minimum absolute atomic E-state index is 0.0553. The Bertz CT molecular complexity index is 598. The van der Waals surface area contributed by atoms with Crippen LogP contribution < -0.4 is 0 Å². The van der Waals surface area contributed by atoms with Crippen LogP contribution in [0.2, 0.25) is 0 Å². The Labute approximate surface area is 124 Å². The Morgan fingerprint density at radius 2 is 1.90 bits per heavy atom.